The first-order chi connectivity index (χ1) is 6.63. The van der Waals surface area contributed by atoms with Gasteiger partial charge in [-0.25, -0.2) is 0 Å². The molecule has 0 bridgehead atoms. The highest BCUT2D eigenvalue weighted by Gasteiger charge is 2.02. The number of hydrogen-bond donors (Lipinski definition) is 3. The molecule has 0 saturated heterocycles. The van der Waals surface area contributed by atoms with E-state index in [-0.39, 0.29) is 17.9 Å². The molecule has 14 heavy (non-hydrogen) atoms. The van der Waals surface area contributed by atoms with E-state index in [0.717, 1.165) is 0 Å². The van der Waals surface area contributed by atoms with E-state index in [0.29, 0.717) is 5.69 Å². The van der Waals surface area contributed by atoms with Crippen LogP contribution < -0.4 is 5.32 Å². The lowest BCUT2D eigenvalue weighted by atomic mass is 10.2. The van der Waals surface area contributed by atoms with E-state index < -0.39 is 5.97 Å². The maximum Gasteiger partial charge on any atom is 0.322 e. The Balaban J connectivity index is 2.80. The fourth-order valence-electron chi connectivity index (χ4n) is 0.913. The molecule has 1 rings (SSSR count). The number of aliphatic carboxylic acids is 1. The van der Waals surface area contributed by atoms with Crippen molar-refractivity contribution in [1.29, 1.82) is 5.26 Å². The van der Waals surface area contributed by atoms with Crippen LogP contribution in [0.4, 0.5) is 5.69 Å². The number of benzene rings is 1. The van der Waals surface area contributed by atoms with E-state index in [4.69, 9.17) is 15.5 Å². The van der Waals surface area contributed by atoms with E-state index in [1.54, 1.807) is 6.07 Å². The number of carboxylic acids is 1. The maximum absolute atomic E-state index is 10.2. The first-order valence-electron chi connectivity index (χ1n) is 3.82. The average molecular weight is 192 g/mol. The molecule has 5 heteroatoms. The van der Waals surface area contributed by atoms with Gasteiger partial charge in [-0.1, -0.05) is 0 Å². The van der Waals surface area contributed by atoms with Gasteiger partial charge in [0.2, 0.25) is 0 Å². The quantitative estimate of drug-likeness (QED) is 0.615. The summed E-state index contributed by atoms with van der Waals surface area (Å²) in [5, 5.41) is 28.7. The van der Waals surface area contributed by atoms with Crippen molar-refractivity contribution in [2.45, 2.75) is 0 Å². The van der Waals surface area contributed by atoms with Crippen LogP contribution in [-0.4, -0.2) is 22.7 Å². The summed E-state index contributed by atoms with van der Waals surface area (Å²) in [6, 6.07) is 6.01. The highest BCUT2D eigenvalue weighted by atomic mass is 16.4. The molecule has 0 heterocycles. The Morgan fingerprint density at radius 1 is 1.57 bits per heavy atom. The summed E-state index contributed by atoms with van der Waals surface area (Å²) < 4.78 is 0. The van der Waals surface area contributed by atoms with Gasteiger partial charge in [-0.15, -0.1) is 0 Å². The van der Waals surface area contributed by atoms with Crippen LogP contribution >= 0.6 is 0 Å². The van der Waals surface area contributed by atoms with Gasteiger partial charge in [0.05, 0.1) is 5.56 Å². The molecule has 1 aromatic carbocycles. The number of carboxylic acid groups (broad SMARTS) is 1. The maximum atomic E-state index is 10.2. The molecule has 3 N–H and O–H groups in total. The van der Waals surface area contributed by atoms with Crippen molar-refractivity contribution in [2.75, 3.05) is 11.9 Å². The molecule has 72 valence electrons. The van der Waals surface area contributed by atoms with Gasteiger partial charge < -0.3 is 15.5 Å². The lowest BCUT2D eigenvalue weighted by Crippen LogP contribution is -2.12. The predicted molar refractivity (Wildman–Crippen MR) is 48.9 cm³/mol. The number of phenolic OH excluding ortho intramolecular Hbond substituents is 1. The average Bonchev–Trinajstić information content (AvgIpc) is 2.16. The Morgan fingerprint density at radius 3 is 2.86 bits per heavy atom. The number of aromatic hydroxyl groups is 1. The molecule has 5 nitrogen and oxygen atoms in total. The first kappa shape index (κ1) is 9.86. The minimum atomic E-state index is -0.989. The van der Waals surface area contributed by atoms with Gasteiger partial charge in [-0.3, -0.25) is 4.79 Å². The van der Waals surface area contributed by atoms with Gasteiger partial charge in [-0.2, -0.15) is 5.26 Å². The normalized spacial score (nSPS) is 9.07. The van der Waals surface area contributed by atoms with Gasteiger partial charge in [-0.05, 0) is 18.2 Å². The van der Waals surface area contributed by atoms with Crippen LogP contribution in [0.3, 0.4) is 0 Å². The van der Waals surface area contributed by atoms with Crippen LogP contribution in [0, 0.1) is 11.3 Å². The monoisotopic (exact) mass is 192 g/mol. The second kappa shape index (κ2) is 4.14. The number of phenols is 1. The predicted octanol–water partition coefficient (Wildman–Crippen LogP) is 0.760. The Bertz CT molecular complexity index is 396. The van der Waals surface area contributed by atoms with E-state index in [9.17, 15) is 4.79 Å². The van der Waals surface area contributed by atoms with E-state index >= 15 is 0 Å². The summed E-state index contributed by atoms with van der Waals surface area (Å²) in [7, 11) is 0. The number of anilines is 1. The minimum Gasteiger partial charge on any atom is -0.507 e. The number of rotatable bonds is 3. The molecule has 0 aliphatic carbocycles. The number of nitrogens with zero attached hydrogens (tertiary/aromatic N) is 1. The molecular formula is C9H8N2O3. The second-order valence-electron chi connectivity index (χ2n) is 2.59. The SMILES string of the molecule is N#Cc1cc(NCC(=O)O)ccc1O. The fourth-order valence-corrected chi connectivity index (χ4v) is 0.913. The Kier molecular flexibility index (Phi) is 2.92. The van der Waals surface area contributed by atoms with Gasteiger partial charge in [0.1, 0.15) is 18.4 Å². The number of nitrogens with one attached hydrogen (secondary N) is 1. The number of carbonyl (C=O) groups is 1. The summed E-state index contributed by atoms with van der Waals surface area (Å²) in [5.74, 6) is -1.11. The van der Waals surface area contributed by atoms with Crippen molar-refractivity contribution in [3.05, 3.63) is 23.8 Å². The highest BCUT2D eigenvalue weighted by Crippen LogP contribution is 2.19. The summed E-state index contributed by atoms with van der Waals surface area (Å²) in [6.07, 6.45) is 0. The van der Waals surface area contributed by atoms with Gasteiger partial charge in [0, 0.05) is 5.69 Å². The van der Waals surface area contributed by atoms with E-state index in [1.165, 1.54) is 18.2 Å². The van der Waals surface area contributed by atoms with Crippen molar-refractivity contribution in [2.24, 2.45) is 0 Å². The van der Waals surface area contributed by atoms with Crippen LogP contribution in [0.1, 0.15) is 5.56 Å². The number of hydrogen-bond acceptors (Lipinski definition) is 4. The topological polar surface area (TPSA) is 93.4 Å². The van der Waals surface area contributed by atoms with E-state index in [2.05, 4.69) is 5.32 Å². The highest BCUT2D eigenvalue weighted by molar-refractivity contribution is 5.73. The molecule has 0 aliphatic heterocycles. The molecule has 0 radical (unpaired) electrons. The van der Waals surface area contributed by atoms with Crippen molar-refractivity contribution < 1.29 is 15.0 Å². The molecule has 0 saturated carbocycles. The fraction of sp³-hybridized carbons (Fsp3) is 0.111. The van der Waals surface area contributed by atoms with E-state index in [1.807, 2.05) is 0 Å². The lowest BCUT2D eigenvalue weighted by Gasteiger charge is -2.03. The molecule has 0 amide bonds. The zero-order chi connectivity index (χ0) is 10.6. The molecule has 0 unspecified atom stereocenters. The van der Waals surface area contributed by atoms with Gasteiger partial charge in [0.25, 0.3) is 0 Å². The standard InChI is InChI=1S/C9H8N2O3/c10-4-6-3-7(1-2-8(6)12)11-5-9(13)14/h1-3,11-12H,5H2,(H,13,14). The van der Waals surface area contributed by atoms with Crippen molar-refractivity contribution in [1.82, 2.24) is 0 Å². The third-order valence-electron chi connectivity index (χ3n) is 1.56. The van der Waals surface area contributed by atoms with Gasteiger partial charge in [0.15, 0.2) is 0 Å². The molecule has 0 spiro atoms. The second-order valence-corrected chi connectivity index (χ2v) is 2.59. The first-order valence-corrected chi connectivity index (χ1v) is 3.82. The van der Waals surface area contributed by atoms with Gasteiger partial charge >= 0.3 is 5.97 Å². The molecule has 0 atom stereocenters. The Labute approximate surface area is 80.2 Å². The zero-order valence-corrected chi connectivity index (χ0v) is 7.19. The van der Waals surface area contributed by atoms with Crippen molar-refractivity contribution in [3.63, 3.8) is 0 Å². The summed E-state index contributed by atoms with van der Waals surface area (Å²) >= 11 is 0. The molecule has 0 fully saturated rings. The molecular weight excluding hydrogens is 184 g/mol. The molecule has 1 aromatic rings. The van der Waals surface area contributed by atoms with Crippen LogP contribution in [0.2, 0.25) is 0 Å². The Morgan fingerprint density at radius 2 is 2.29 bits per heavy atom. The molecule has 0 aliphatic rings. The van der Waals surface area contributed by atoms with Crippen molar-refractivity contribution in [3.8, 4) is 11.8 Å². The third-order valence-corrected chi connectivity index (χ3v) is 1.56. The summed E-state index contributed by atoms with van der Waals surface area (Å²) in [6.45, 7) is -0.227. The Hall–Kier alpha value is -2.22. The van der Waals surface area contributed by atoms with Crippen LogP contribution in [0.25, 0.3) is 0 Å². The minimum absolute atomic E-state index is 0.111. The smallest absolute Gasteiger partial charge is 0.322 e. The zero-order valence-electron chi connectivity index (χ0n) is 7.19. The summed E-state index contributed by atoms with van der Waals surface area (Å²) in [4.78, 5) is 10.2. The van der Waals surface area contributed by atoms with Crippen LogP contribution in [0.15, 0.2) is 18.2 Å². The lowest BCUT2D eigenvalue weighted by molar-refractivity contribution is -0.134. The van der Waals surface area contributed by atoms with Crippen LogP contribution in [-0.2, 0) is 4.79 Å². The number of nitriles is 1. The summed E-state index contributed by atoms with van der Waals surface area (Å²) in [5.41, 5.74) is 0.599. The van der Waals surface area contributed by atoms with Crippen LogP contribution in [0.5, 0.6) is 5.75 Å². The third kappa shape index (κ3) is 2.38. The largest absolute Gasteiger partial charge is 0.507 e. The molecule has 0 aromatic heterocycles. The van der Waals surface area contributed by atoms with Crippen molar-refractivity contribution >= 4 is 11.7 Å².